The summed E-state index contributed by atoms with van der Waals surface area (Å²) in [5.41, 5.74) is 4.14. The topological polar surface area (TPSA) is 52.6 Å². The third kappa shape index (κ3) is 1.63. The summed E-state index contributed by atoms with van der Waals surface area (Å²) in [7, 11) is 0. The van der Waals surface area contributed by atoms with Gasteiger partial charge in [-0.15, -0.1) is 0 Å². The van der Waals surface area contributed by atoms with Gasteiger partial charge >= 0.3 is 11.9 Å². The van der Waals surface area contributed by atoms with E-state index in [9.17, 15) is 9.59 Å². The van der Waals surface area contributed by atoms with Gasteiger partial charge in [-0.3, -0.25) is 9.59 Å². The lowest BCUT2D eigenvalue weighted by molar-refractivity contribution is -0.165. The Kier molecular flexibility index (Phi) is 2.57. The monoisotopic (exact) mass is 320 g/mol. The predicted molar refractivity (Wildman–Crippen MR) is 86.1 cm³/mol. The molecule has 4 atom stereocenters. The lowest BCUT2D eigenvalue weighted by atomic mass is 9.51. The standard InChI is InChI=1S/C20H16O4/c1-9-3-5-11-13(7-9)23-19(21)17-15(11)16-12-6-4-10(2)8-14(12)24-20(22)18(16)17/h3-8,15-18H,1-2H3/t15-,16-,17-,18-/m0/s1. The average Bonchev–Trinajstić information content (AvgIpc) is 2.49. The maximum Gasteiger partial charge on any atom is 0.315 e. The SMILES string of the molecule is Cc1ccc2c(c1)OC(=O)[C@@H]1[C@H]3C(=O)Oc4cc(C)ccc4[C@H]3[C@H]21. The number of hydrogen-bond acceptors (Lipinski definition) is 4. The minimum atomic E-state index is -0.438. The van der Waals surface area contributed by atoms with E-state index >= 15 is 0 Å². The van der Waals surface area contributed by atoms with E-state index in [4.69, 9.17) is 9.47 Å². The smallest absolute Gasteiger partial charge is 0.315 e. The van der Waals surface area contributed by atoms with Gasteiger partial charge in [0.2, 0.25) is 0 Å². The molecule has 4 nitrogen and oxygen atoms in total. The maximum atomic E-state index is 12.5. The number of rotatable bonds is 0. The molecule has 2 aromatic carbocycles. The van der Waals surface area contributed by atoms with Gasteiger partial charge < -0.3 is 9.47 Å². The van der Waals surface area contributed by atoms with Crippen molar-refractivity contribution in [1.29, 1.82) is 0 Å². The number of hydrogen-bond donors (Lipinski definition) is 0. The summed E-state index contributed by atoms with van der Waals surface area (Å²) < 4.78 is 11.0. The van der Waals surface area contributed by atoms with Crippen molar-refractivity contribution >= 4 is 11.9 Å². The summed E-state index contributed by atoms with van der Waals surface area (Å²) in [6, 6.07) is 11.9. The molecule has 0 radical (unpaired) electrons. The number of benzene rings is 2. The normalized spacial score (nSPS) is 29.2. The van der Waals surface area contributed by atoms with E-state index in [0.717, 1.165) is 22.3 Å². The Morgan fingerprint density at radius 3 is 1.50 bits per heavy atom. The van der Waals surface area contributed by atoms with Crippen molar-refractivity contribution in [3.05, 3.63) is 58.7 Å². The third-order valence-electron chi connectivity index (χ3n) is 5.57. The lowest BCUT2D eigenvalue weighted by Crippen LogP contribution is -2.57. The van der Waals surface area contributed by atoms with Crippen LogP contribution in [0, 0.1) is 25.7 Å². The van der Waals surface area contributed by atoms with Gasteiger partial charge in [-0.1, -0.05) is 24.3 Å². The summed E-state index contributed by atoms with van der Waals surface area (Å²) in [5, 5.41) is 0. The Balaban J connectivity index is 1.69. The van der Waals surface area contributed by atoms with Crippen LogP contribution in [0.3, 0.4) is 0 Å². The van der Waals surface area contributed by atoms with Crippen molar-refractivity contribution in [2.45, 2.75) is 25.7 Å². The lowest BCUT2D eigenvalue weighted by Gasteiger charge is -2.53. The van der Waals surface area contributed by atoms with E-state index in [1.54, 1.807) is 0 Å². The van der Waals surface area contributed by atoms with Crippen molar-refractivity contribution in [3.63, 3.8) is 0 Å². The zero-order valence-corrected chi connectivity index (χ0v) is 13.4. The molecular weight excluding hydrogens is 304 g/mol. The number of aryl methyl sites for hydroxylation is 2. The molecule has 24 heavy (non-hydrogen) atoms. The van der Waals surface area contributed by atoms with Crippen LogP contribution < -0.4 is 9.47 Å². The summed E-state index contributed by atoms with van der Waals surface area (Å²) in [6.07, 6.45) is 0. The van der Waals surface area contributed by atoms with Crippen molar-refractivity contribution < 1.29 is 19.1 Å². The zero-order chi connectivity index (χ0) is 16.6. The highest BCUT2D eigenvalue weighted by Crippen LogP contribution is 2.64. The molecule has 0 spiro atoms. The Bertz CT molecular complexity index is 838. The summed E-state index contributed by atoms with van der Waals surface area (Å²) >= 11 is 0. The molecule has 5 rings (SSSR count). The fourth-order valence-electron chi connectivity index (χ4n) is 4.47. The third-order valence-corrected chi connectivity index (χ3v) is 5.57. The van der Waals surface area contributed by atoms with E-state index in [1.807, 2.05) is 50.2 Å². The molecule has 2 aromatic rings. The van der Waals surface area contributed by atoms with Crippen LogP contribution in [0.15, 0.2) is 36.4 Å². The molecule has 2 aliphatic heterocycles. The Morgan fingerprint density at radius 1 is 0.667 bits per heavy atom. The van der Waals surface area contributed by atoms with Crippen LogP contribution in [0.2, 0.25) is 0 Å². The maximum absolute atomic E-state index is 12.5. The quantitative estimate of drug-likeness (QED) is 0.552. The second kappa shape index (κ2) is 4.47. The molecule has 1 saturated carbocycles. The highest BCUT2D eigenvalue weighted by Gasteiger charge is 2.64. The van der Waals surface area contributed by atoms with Crippen molar-refractivity contribution in [3.8, 4) is 11.5 Å². The first-order valence-electron chi connectivity index (χ1n) is 8.19. The Labute approximate surface area is 139 Å². The zero-order valence-electron chi connectivity index (χ0n) is 13.4. The molecule has 2 heterocycles. The molecule has 120 valence electrons. The summed E-state index contributed by atoms with van der Waals surface area (Å²) in [4.78, 5) is 24.9. The van der Waals surface area contributed by atoms with Gasteiger partial charge in [0.1, 0.15) is 11.5 Å². The van der Waals surface area contributed by atoms with E-state index in [-0.39, 0.29) is 23.8 Å². The van der Waals surface area contributed by atoms with Gasteiger partial charge in [-0.25, -0.2) is 0 Å². The van der Waals surface area contributed by atoms with Crippen molar-refractivity contribution in [2.75, 3.05) is 0 Å². The van der Waals surface area contributed by atoms with Gasteiger partial charge in [0.05, 0.1) is 11.8 Å². The minimum absolute atomic E-state index is 0.0128. The van der Waals surface area contributed by atoms with Crippen LogP contribution in [0.4, 0.5) is 0 Å². The van der Waals surface area contributed by atoms with Crippen LogP contribution in [-0.4, -0.2) is 11.9 Å². The van der Waals surface area contributed by atoms with E-state index < -0.39 is 11.8 Å². The number of esters is 2. The number of fused-ring (bicyclic) bond motifs is 8. The second-order valence-corrected chi connectivity index (χ2v) is 7.03. The van der Waals surface area contributed by atoms with E-state index in [2.05, 4.69) is 0 Å². The molecule has 1 fully saturated rings. The molecule has 0 N–H and O–H groups in total. The largest absolute Gasteiger partial charge is 0.426 e. The number of carbonyl (C=O) groups is 2. The predicted octanol–water partition coefficient (Wildman–Crippen LogP) is 3.25. The molecule has 0 unspecified atom stereocenters. The molecule has 0 bridgehead atoms. The van der Waals surface area contributed by atoms with E-state index in [1.165, 1.54) is 0 Å². The number of ether oxygens (including phenoxy) is 2. The van der Waals surface area contributed by atoms with Gasteiger partial charge in [-0.05, 0) is 48.2 Å². The fraction of sp³-hybridized carbons (Fsp3) is 0.300. The first-order chi connectivity index (χ1) is 11.5. The molecule has 3 aliphatic rings. The van der Waals surface area contributed by atoms with Crippen LogP contribution >= 0.6 is 0 Å². The summed E-state index contributed by atoms with van der Waals surface area (Å²) in [5.74, 6) is -0.264. The van der Waals surface area contributed by atoms with Crippen LogP contribution in [0.5, 0.6) is 11.5 Å². The Hall–Kier alpha value is -2.62. The van der Waals surface area contributed by atoms with Crippen molar-refractivity contribution in [2.24, 2.45) is 11.8 Å². The molecule has 0 aromatic heterocycles. The van der Waals surface area contributed by atoms with Crippen LogP contribution in [0.25, 0.3) is 0 Å². The molecule has 0 saturated heterocycles. The highest BCUT2D eigenvalue weighted by molar-refractivity contribution is 5.92. The molecular formula is C20H16O4. The first-order valence-corrected chi connectivity index (χ1v) is 8.19. The highest BCUT2D eigenvalue weighted by atomic mass is 16.5. The van der Waals surface area contributed by atoms with Crippen LogP contribution in [0.1, 0.15) is 34.1 Å². The van der Waals surface area contributed by atoms with Gasteiger partial charge in [0.15, 0.2) is 0 Å². The molecule has 1 aliphatic carbocycles. The van der Waals surface area contributed by atoms with Gasteiger partial charge in [0.25, 0.3) is 0 Å². The number of carbonyl (C=O) groups excluding carboxylic acids is 2. The summed E-state index contributed by atoms with van der Waals surface area (Å²) in [6.45, 7) is 3.94. The van der Waals surface area contributed by atoms with Crippen LogP contribution in [-0.2, 0) is 9.59 Å². The van der Waals surface area contributed by atoms with E-state index in [0.29, 0.717) is 11.5 Å². The second-order valence-electron chi connectivity index (χ2n) is 7.03. The van der Waals surface area contributed by atoms with Crippen molar-refractivity contribution in [1.82, 2.24) is 0 Å². The minimum Gasteiger partial charge on any atom is -0.426 e. The van der Waals surface area contributed by atoms with Gasteiger partial charge in [-0.2, -0.15) is 0 Å². The average molecular weight is 320 g/mol. The fourth-order valence-corrected chi connectivity index (χ4v) is 4.47. The Morgan fingerprint density at radius 2 is 1.08 bits per heavy atom. The van der Waals surface area contributed by atoms with Gasteiger partial charge in [0, 0.05) is 11.8 Å². The molecule has 4 heteroatoms. The molecule has 0 amide bonds. The first kappa shape index (κ1) is 13.8.